The van der Waals surface area contributed by atoms with Crippen molar-refractivity contribution in [1.29, 1.82) is 0 Å². The van der Waals surface area contributed by atoms with E-state index >= 15 is 0 Å². The molecule has 0 radical (unpaired) electrons. The Balaban J connectivity index is 1.61. The molecule has 0 spiro atoms. The molecule has 0 unspecified atom stereocenters. The first-order valence-corrected chi connectivity index (χ1v) is 9.71. The monoisotopic (exact) mass is 363 g/mol. The van der Waals surface area contributed by atoms with E-state index in [1.165, 1.54) is 4.88 Å². The molecule has 0 bridgehead atoms. The Morgan fingerprint density at radius 3 is 2.75 bits per heavy atom. The van der Waals surface area contributed by atoms with Gasteiger partial charge in [-0.1, -0.05) is 12.1 Å². The Morgan fingerprint density at radius 2 is 2.04 bits per heavy atom. The Morgan fingerprint density at radius 1 is 1.21 bits per heavy atom. The van der Waals surface area contributed by atoms with Gasteiger partial charge in [-0.25, -0.2) is 4.79 Å². The molecular formula is C18H21NO3S2. The molecule has 0 aliphatic heterocycles. The van der Waals surface area contributed by atoms with Crippen LogP contribution in [0.15, 0.2) is 35.7 Å². The molecule has 6 heteroatoms. The molecule has 2 aromatic rings. The molecule has 0 saturated heterocycles. The van der Waals surface area contributed by atoms with Crippen LogP contribution >= 0.6 is 23.1 Å². The number of carbonyl (C=O) groups excluding carboxylic acids is 2. The summed E-state index contributed by atoms with van der Waals surface area (Å²) in [6.45, 7) is 4.23. The second-order valence-electron chi connectivity index (χ2n) is 5.36. The third-order valence-corrected chi connectivity index (χ3v) is 5.54. The molecule has 0 atom stereocenters. The minimum absolute atomic E-state index is 0.249. The van der Waals surface area contributed by atoms with Gasteiger partial charge in [-0.05, 0) is 48.6 Å². The summed E-state index contributed by atoms with van der Waals surface area (Å²) in [6, 6.07) is 9.49. The highest BCUT2D eigenvalue weighted by Crippen LogP contribution is 2.16. The van der Waals surface area contributed by atoms with Crippen molar-refractivity contribution in [3.63, 3.8) is 0 Å². The van der Waals surface area contributed by atoms with E-state index in [0.29, 0.717) is 12.1 Å². The van der Waals surface area contributed by atoms with Gasteiger partial charge in [-0.15, -0.1) is 11.3 Å². The van der Waals surface area contributed by atoms with Crippen LogP contribution < -0.4 is 5.32 Å². The van der Waals surface area contributed by atoms with Crippen LogP contribution in [0.2, 0.25) is 0 Å². The van der Waals surface area contributed by atoms with Gasteiger partial charge in [0, 0.05) is 22.9 Å². The number of amides is 1. The molecule has 0 fully saturated rings. The fourth-order valence-corrected chi connectivity index (χ4v) is 3.66. The van der Waals surface area contributed by atoms with Crippen LogP contribution in [0.5, 0.6) is 0 Å². The van der Waals surface area contributed by atoms with Crippen molar-refractivity contribution in [2.75, 3.05) is 18.9 Å². The maximum absolute atomic E-state index is 11.9. The first-order valence-electron chi connectivity index (χ1n) is 7.67. The first kappa shape index (κ1) is 18.5. The average Bonchev–Trinajstić information content (AvgIpc) is 3.08. The Hall–Kier alpha value is -1.79. The van der Waals surface area contributed by atoms with Crippen molar-refractivity contribution in [3.8, 4) is 0 Å². The number of aryl methyl sites for hydroxylation is 2. The van der Waals surface area contributed by atoms with Gasteiger partial charge in [-0.3, -0.25) is 4.79 Å². The summed E-state index contributed by atoms with van der Waals surface area (Å²) in [5, 5.41) is 4.81. The van der Waals surface area contributed by atoms with Crippen molar-refractivity contribution < 1.29 is 14.3 Å². The molecule has 0 aliphatic carbocycles. The average molecular weight is 364 g/mol. The van der Waals surface area contributed by atoms with Crippen molar-refractivity contribution >= 4 is 35.0 Å². The number of hydrogen-bond acceptors (Lipinski definition) is 5. The summed E-state index contributed by atoms with van der Waals surface area (Å²) in [6.07, 6.45) is 0. The van der Waals surface area contributed by atoms with Gasteiger partial charge in [-0.2, -0.15) is 11.8 Å². The molecule has 24 heavy (non-hydrogen) atoms. The summed E-state index contributed by atoms with van der Waals surface area (Å²) in [5.41, 5.74) is 2.61. The zero-order valence-corrected chi connectivity index (χ0v) is 15.5. The molecule has 0 aliphatic rings. The van der Waals surface area contributed by atoms with Crippen LogP contribution in [0.4, 0.5) is 0 Å². The van der Waals surface area contributed by atoms with Gasteiger partial charge >= 0.3 is 5.97 Å². The van der Waals surface area contributed by atoms with E-state index in [1.54, 1.807) is 35.2 Å². The van der Waals surface area contributed by atoms with Gasteiger partial charge in [0.15, 0.2) is 6.61 Å². The summed E-state index contributed by atoms with van der Waals surface area (Å²) < 4.78 is 5.04. The lowest BCUT2D eigenvalue weighted by Crippen LogP contribution is -2.30. The number of nitrogens with one attached hydrogen (secondary N) is 1. The predicted molar refractivity (Wildman–Crippen MR) is 99.7 cm³/mol. The van der Waals surface area contributed by atoms with Gasteiger partial charge in [0.05, 0.1) is 5.56 Å². The fraction of sp³-hybridized carbons (Fsp3) is 0.333. The fourth-order valence-electron chi connectivity index (χ4n) is 1.96. The Labute approximate surface area is 150 Å². The van der Waals surface area contributed by atoms with E-state index in [9.17, 15) is 9.59 Å². The molecular weight excluding hydrogens is 342 g/mol. The van der Waals surface area contributed by atoms with Crippen molar-refractivity contribution in [2.45, 2.75) is 19.6 Å². The van der Waals surface area contributed by atoms with Crippen molar-refractivity contribution in [3.05, 3.63) is 57.3 Å². The highest BCUT2D eigenvalue weighted by atomic mass is 32.2. The molecule has 1 aromatic heterocycles. The maximum Gasteiger partial charge on any atom is 0.338 e. The first-order chi connectivity index (χ1) is 11.6. The highest BCUT2D eigenvalue weighted by molar-refractivity contribution is 7.98. The van der Waals surface area contributed by atoms with Gasteiger partial charge in [0.1, 0.15) is 0 Å². The van der Waals surface area contributed by atoms with Gasteiger partial charge < -0.3 is 10.1 Å². The van der Waals surface area contributed by atoms with E-state index in [0.717, 1.165) is 22.6 Å². The zero-order chi connectivity index (χ0) is 17.4. The molecule has 0 saturated carbocycles. The van der Waals surface area contributed by atoms with E-state index in [-0.39, 0.29) is 12.5 Å². The molecule has 1 amide bonds. The number of hydrogen-bond donors (Lipinski definition) is 1. The molecule has 1 aromatic carbocycles. The third-order valence-electron chi connectivity index (χ3n) is 3.47. The highest BCUT2D eigenvalue weighted by Gasteiger charge is 2.10. The lowest BCUT2D eigenvalue weighted by molar-refractivity contribution is -0.124. The van der Waals surface area contributed by atoms with E-state index < -0.39 is 5.97 Å². The standard InChI is InChI=1S/C18H21NO3S2/c1-13-5-6-15(10-14(13)2)18(21)22-11-17(20)19-7-9-23-12-16-4-3-8-24-16/h3-6,8,10H,7,9,11-12H2,1-2H3,(H,19,20). The van der Waals surface area contributed by atoms with Gasteiger partial charge in [0.25, 0.3) is 5.91 Å². The normalized spacial score (nSPS) is 10.4. The number of thioether (sulfide) groups is 1. The van der Waals surface area contributed by atoms with Gasteiger partial charge in [0.2, 0.25) is 0 Å². The number of carbonyl (C=O) groups is 2. The maximum atomic E-state index is 11.9. The van der Waals surface area contributed by atoms with E-state index in [2.05, 4.69) is 16.8 Å². The summed E-state index contributed by atoms with van der Waals surface area (Å²) >= 11 is 3.50. The predicted octanol–water partition coefficient (Wildman–Crippen LogP) is 3.57. The quantitative estimate of drug-likeness (QED) is 0.575. The molecule has 1 heterocycles. The lowest BCUT2D eigenvalue weighted by Gasteiger charge is -2.07. The smallest absolute Gasteiger partial charge is 0.338 e. The minimum atomic E-state index is -0.472. The number of rotatable bonds is 8. The number of thiophene rings is 1. The van der Waals surface area contributed by atoms with Crippen LogP contribution in [-0.4, -0.2) is 30.8 Å². The third kappa shape index (κ3) is 6.02. The topological polar surface area (TPSA) is 55.4 Å². The van der Waals surface area contributed by atoms with E-state index in [4.69, 9.17) is 4.74 Å². The summed E-state index contributed by atoms with van der Waals surface area (Å²) in [5.74, 6) is 1.04. The summed E-state index contributed by atoms with van der Waals surface area (Å²) in [7, 11) is 0. The van der Waals surface area contributed by atoms with E-state index in [1.807, 2.05) is 26.0 Å². The zero-order valence-electron chi connectivity index (χ0n) is 13.8. The second-order valence-corrected chi connectivity index (χ2v) is 7.49. The number of benzene rings is 1. The largest absolute Gasteiger partial charge is 0.452 e. The molecule has 1 N–H and O–H groups in total. The van der Waals surface area contributed by atoms with Crippen LogP contribution in [0, 0.1) is 13.8 Å². The van der Waals surface area contributed by atoms with Crippen molar-refractivity contribution in [2.24, 2.45) is 0 Å². The van der Waals surface area contributed by atoms with Crippen molar-refractivity contribution in [1.82, 2.24) is 5.32 Å². The SMILES string of the molecule is Cc1ccc(C(=O)OCC(=O)NCCSCc2cccs2)cc1C. The molecule has 2 rings (SSSR count). The van der Waals surface area contributed by atoms with Crippen LogP contribution in [0.3, 0.4) is 0 Å². The molecule has 4 nitrogen and oxygen atoms in total. The summed E-state index contributed by atoms with van der Waals surface area (Å²) in [4.78, 5) is 24.9. The van der Waals surface area contributed by atoms with Crippen LogP contribution in [-0.2, 0) is 15.3 Å². The molecule has 128 valence electrons. The Kier molecular flexibility index (Phi) is 7.34. The lowest BCUT2D eigenvalue weighted by atomic mass is 10.1. The number of esters is 1. The Bertz CT molecular complexity index is 684. The van der Waals surface area contributed by atoms with Crippen LogP contribution in [0.1, 0.15) is 26.4 Å². The number of ether oxygens (including phenoxy) is 1. The second kappa shape index (κ2) is 9.49. The van der Waals surface area contributed by atoms with Crippen LogP contribution in [0.25, 0.3) is 0 Å². The minimum Gasteiger partial charge on any atom is -0.452 e.